The predicted molar refractivity (Wildman–Crippen MR) is 109 cm³/mol. The maximum Gasteiger partial charge on any atom is 0.262 e. The lowest BCUT2D eigenvalue weighted by Crippen LogP contribution is -2.20. The number of aromatic nitrogens is 1. The normalized spacial score (nSPS) is 10.9. The molecule has 7 nitrogen and oxygen atoms in total. The molecule has 1 heterocycles. The molecule has 1 aromatic heterocycles. The number of hydrogen-bond acceptors (Lipinski definition) is 7. The first kappa shape index (κ1) is 18.9. The zero-order valence-electron chi connectivity index (χ0n) is 15.4. The number of carbonyl (C=O) groups is 1. The molecule has 0 saturated carbocycles. The molecule has 0 aliphatic heterocycles. The molecule has 0 radical (unpaired) electrons. The number of ether oxygens (including phenoxy) is 2. The van der Waals surface area contributed by atoms with Gasteiger partial charge in [0.15, 0.2) is 11.7 Å². The standard InChI is InChI=1S/C19H22N4O3S/c1-11(2)12-4-6-14(7-5-12)26-10-17(24)21-13-8-15(25-3)18-16(9-13)27-19(22-18)23-20/h4-9,11H,10,20H2,1-3H3,(H,21,24)(H,22,23). The molecule has 0 aliphatic rings. The predicted octanol–water partition coefficient (Wildman–Crippen LogP) is 3.73. The first-order valence-corrected chi connectivity index (χ1v) is 9.29. The number of thiazole rings is 1. The van der Waals surface area contributed by atoms with Crippen molar-refractivity contribution in [3.8, 4) is 11.5 Å². The van der Waals surface area contributed by atoms with E-state index in [2.05, 4.69) is 29.6 Å². The molecule has 2 aromatic carbocycles. The van der Waals surface area contributed by atoms with Crippen LogP contribution in [0.25, 0.3) is 10.2 Å². The third-order valence-corrected chi connectivity index (χ3v) is 4.94. The van der Waals surface area contributed by atoms with Gasteiger partial charge in [-0.1, -0.05) is 37.3 Å². The molecule has 0 atom stereocenters. The van der Waals surface area contributed by atoms with E-state index in [9.17, 15) is 4.79 Å². The Hall–Kier alpha value is -2.84. The van der Waals surface area contributed by atoms with Gasteiger partial charge >= 0.3 is 0 Å². The van der Waals surface area contributed by atoms with E-state index in [1.807, 2.05) is 30.3 Å². The van der Waals surface area contributed by atoms with Crippen molar-refractivity contribution in [3.05, 3.63) is 42.0 Å². The summed E-state index contributed by atoms with van der Waals surface area (Å²) in [5.41, 5.74) is 5.04. The summed E-state index contributed by atoms with van der Waals surface area (Å²) >= 11 is 1.37. The Morgan fingerprint density at radius 3 is 2.63 bits per heavy atom. The summed E-state index contributed by atoms with van der Waals surface area (Å²) in [6, 6.07) is 11.3. The topological polar surface area (TPSA) is 98.5 Å². The number of hydrogen-bond donors (Lipinski definition) is 3. The van der Waals surface area contributed by atoms with Crippen LogP contribution in [0.1, 0.15) is 25.3 Å². The molecule has 4 N–H and O–H groups in total. The van der Waals surface area contributed by atoms with Crippen molar-refractivity contribution in [2.45, 2.75) is 19.8 Å². The number of methoxy groups -OCH3 is 1. The van der Waals surface area contributed by atoms with Crippen molar-refractivity contribution < 1.29 is 14.3 Å². The number of nitrogens with one attached hydrogen (secondary N) is 2. The van der Waals surface area contributed by atoms with Gasteiger partial charge in [-0.15, -0.1) is 0 Å². The van der Waals surface area contributed by atoms with Gasteiger partial charge in [0, 0.05) is 11.8 Å². The van der Waals surface area contributed by atoms with Crippen molar-refractivity contribution in [1.29, 1.82) is 0 Å². The summed E-state index contributed by atoms with van der Waals surface area (Å²) in [6.07, 6.45) is 0. The summed E-state index contributed by atoms with van der Waals surface area (Å²) in [5.74, 6) is 6.83. The third-order valence-electron chi connectivity index (χ3n) is 4.00. The average Bonchev–Trinajstić information content (AvgIpc) is 3.09. The minimum atomic E-state index is -0.258. The van der Waals surface area contributed by atoms with Crippen molar-refractivity contribution in [2.24, 2.45) is 5.84 Å². The number of carbonyl (C=O) groups excluding carboxylic acids is 1. The fourth-order valence-corrected chi connectivity index (χ4v) is 3.42. The zero-order chi connectivity index (χ0) is 19.4. The van der Waals surface area contributed by atoms with Crippen LogP contribution >= 0.6 is 11.3 Å². The molecule has 3 rings (SSSR count). The van der Waals surface area contributed by atoms with Crippen LogP contribution in [0, 0.1) is 0 Å². The van der Waals surface area contributed by atoms with E-state index in [0.717, 1.165) is 4.70 Å². The molecule has 3 aromatic rings. The number of hydrazine groups is 1. The molecule has 1 amide bonds. The lowest BCUT2D eigenvalue weighted by Gasteiger charge is -2.10. The number of rotatable bonds is 7. The van der Waals surface area contributed by atoms with E-state index in [0.29, 0.717) is 33.8 Å². The van der Waals surface area contributed by atoms with Crippen LogP contribution < -0.4 is 26.1 Å². The Balaban J connectivity index is 1.66. The summed E-state index contributed by atoms with van der Waals surface area (Å²) < 4.78 is 11.8. The van der Waals surface area contributed by atoms with Gasteiger partial charge in [-0.05, 0) is 29.7 Å². The highest BCUT2D eigenvalue weighted by Crippen LogP contribution is 2.35. The van der Waals surface area contributed by atoms with Crippen LogP contribution in [0.4, 0.5) is 10.8 Å². The number of amides is 1. The average molecular weight is 386 g/mol. The molecule has 0 saturated heterocycles. The number of anilines is 2. The van der Waals surface area contributed by atoms with Gasteiger partial charge < -0.3 is 14.8 Å². The number of nitrogen functional groups attached to an aromatic ring is 1. The Morgan fingerprint density at radius 2 is 2.00 bits per heavy atom. The minimum absolute atomic E-state index is 0.0837. The molecule has 0 fully saturated rings. The highest BCUT2D eigenvalue weighted by molar-refractivity contribution is 7.22. The molecule has 0 spiro atoms. The molecule has 27 heavy (non-hydrogen) atoms. The molecule has 0 unspecified atom stereocenters. The summed E-state index contributed by atoms with van der Waals surface area (Å²) in [5, 5.41) is 3.39. The van der Waals surface area contributed by atoms with Crippen LogP contribution in [0.5, 0.6) is 11.5 Å². The second-order valence-electron chi connectivity index (χ2n) is 6.25. The van der Waals surface area contributed by atoms with E-state index < -0.39 is 0 Å². The third kappa shape index (κ3) is 4.47. The first-order valence-electron chi connectivity index (χ1n) is 8.48. The fraction of sp³-hybridized carbons (Fsp3) is 0.263. The number of nitrogens with zero attached hydrogens (tertiary/aromatic N) is 1. The quantitative estimate of drug-likeness (QED) is 0.423. The van der Waals surface area contributed by atoms with Crippen LogP contribution in [0.15, 0.2) is 36.4 Å². The molecule has 142 valence electrons. The SMILES string of the molecule is COc1cc(NC(=O)COc2ccc(C(C)C)cc2)cc2sc(NN)nc12. The Bertz CT molecular complexity index is 938. The van der Waals surface area contributed by atoms with Gasteiger partial charge in [0.2, 0.25) is 0 Å². The summed E-state index contributed by atoms with van der Waals surface area (Å²) in [7, 11) is 1.55. The van der Waals surface area contributed by atoms with E-state index in [1.54, 1.807) is 13.2 Å². The molecular weight excluding hydrogens is 364 g/mol. The van der Waals surface area contributed by atoms with Gasteiger partial charge in [0.05, 0.1) is 11.8 Å². The number of nitrogens with two attached hydrogens (primary N) is 1. The Morgan fingerprint density at radius 1 is 1.26 bits per heavy atom. The second kappa shape index (κ2) is 8.24. The van der Waals surface area contributed by atoms with Crippen LogP contribution in [0.2, 0.25) is 0 Å². The van der Waals surface area contributed by atoms with Gasteiger partial charge in [-0.3, -0.25) is 10.2 Å². The van der Waals surface area contributed by atoms with Crippen LogP contribution in [-0.2, 0) is 4.79 Å². The number of fused-ring (bicyclic) bond motifs is 1. The van der Waals surface area contributed by atoms with Crippen molar-refractivity contribution in [1.82, 2.24) is 4.98 Å². The zero-order valence-corrected chi connectivity index (χ0v) is 16.2. The van der Waals surface area contributed by atoms with Crippen LogP contribution in [0.3, 0.4) is 0 Å². The van der Waals surface area contributed by atoms with E-state index in [-0.39, 0.29) is 12.5 Å². The maximum absolute atomic E-state index is 12.2. The summed E-state index contributed by atoms with van der Waals surface area (Å²) in [6.45, 7) is 4.17. The lowest BCUT2D eigenvalue weighted by molar-refractivity contribution is -0.118. The highest BCUT2D eigenvalue weighted by Gasteiger charge is 2.12. The smallest absolute Gasteiger partial charge is 0.262 e. The highest BCUT2D eigenvalue weighted by atomic mass is 32.1. The molecule has 0 bridgehead atoms. The molecular formula is C19H22N4O3S. The Kier molecular flexibility index (Phi) is 5.78. The largest absolute Gasteiger partial charge is 0.494 e. The maximum atomic E-state index is 12.2. The summed E-state index contributed by atoms with van der Waals surface area (Å²) in [4.78, 5) is 16.6. The van der Waals surface area contributed by atoms with Gasteiger partial charge in [0.25, 0.3) is 5.91 Å². The lowest BCUT2D eigenvalue weighted by atomic mass is 10.0. The van der Waals surface area contributed by atoms with E-state index in [4.69, 9.17) is 15.3 Å². The van der Waals surface area contributed by atoms with Crippen molar-refractivity contribution in [2.75, 3.05) is 24.5 Å². The first-order chi connectivity index (χ1) is 13.0. The van der Waals surface area contributed by atoms with Crippen molar-refractivity contribution >= 4 is 38.3 Å². The van der Waals surface area contributed by atoms with Gasteiger partial charge in [0.1, 0.15) is 17.0 Å². The molecule has 0 aliphatic carbocycles. The van der Waals surface area contributed by atoms with E-state index in [1.165, 1.54) is 16.9 Å². The second-order valence-corrected chi connectivity index (χ2v) is 7.28. The van der Waals surface area contributed by atoms with E-state index >= 15 is 0 Å². The molecule has 8 heteroatoms. The van der Waals surface area contributed by atoms with Crippen LogP contribution in [-0.4, -0.2) is 24.6 Å². The fourth-order valence-electron chi connectivity index (χ4n) is 2.58. The monoisotopic (exact) mass is 386 g/mol. The minimum Gasteiger partial charge on any atom is -0.494 e. The van der Waals surface area contributed by atoms with Gasteiger partial charge in [-0.2, -0.15) is 0 Å². The number of benzene rings is 2. The Labute approximate surface area is 161 Å². The van der Waals surface area contributed by atoms with Gasteiger partial charge in [-0.25, -0.2) is 10.8 Å². The van der Waals surface area contributed by atoms with Crippen molar-refractivity contribution in [3.63, 3.8) is 0 Å².